The smallest absolute Gasteiger partial charge is 0.396 e. The number of ether oxygens (including phenoxy) is 4. The Morgan fingerprint density at radius 3 is 0.670 bits per heavy atom. The minimum atomic E-state index is -6.55. The van der Waals surface area contributed by atoms with E-state index in [9.17, 15) is 146 Å². The Labute approximate surface area is 551 Å². The first kappa shape index (κ1) is 97.4. The van der Waals surface area contributed by atoms with Crippen molar-refractivity contribution in [1.29, 1.82) is 0 Å². The van der Waals surface area contributed by atoms with E-state index in [2.05, 4.69) is 18.9 Å². The lowest BCUT2D eigenvalue weighted by Gasteiger charge is -2.28. The van der Waals surface area contributed by atoms with Crippen LogP contribution in [0.25, 0.3) is 0 Å². The molecule has 0 amide bonds. The van der Waals surface area contributed by atoms with Crippen LogP contribution in [0.4, 0.5) is 70.2 Å². The molecule has 0 heterocycles. The lowest BCUT2D eigenvalue weighted by Crippen LogP contribution is -2.47. The van der Waals surface area contributed by atoms with Gasteiger partial charge in [0.15, 0.2) is 40.5 Å². The molecule has 4 aliphatic carbocycles. The third kappa shape index (κ3) is 35.6. The van der Waals surface area contributed by atoms with Crippen LogP contribution in [0.15, 0.2) is 0 Å². The number of hydrogen-bond acceptors (Lipinski definition) is 24. The molecule has 4 rings (SSSR count). The first-order valence-electron chi connectivity index (χ1n) is 29.0. The molecule has 0 aromatic carbocycles. The number of hydrogen-bond donors (Lipinski definition) is 4. The third-order valence-corrected chi connectivity index (χ3v) is 16.4. The lowest BCUT2D eigenvalue weighted by atomic mass is 9.86. The van der Waals surface area contributed by atoms with Gasteiger partial charge in [0.2, 0.25) is 0 Å². The molecule has 4 fully saturated rings. The number of rotatable bonds is 25. The zero-order valence-electron chi connectivity index (χ0n) is 54.4. The van der Waals surface area contributed by atoms with Gasteiger partial charge in [-0.25, -0.2) is 33.7 Å². The Kier molecular flexibility index (Phi) is 37.1. The first-order valence-corrected chi connectivity index (χ1v) is 34.6. The van der Waals surface area contributed by atoms with Gasteiger partial charge >= 0.3 is 68.6 Å². The van der Waals surface area contributed by atoms with Crippen LogP contribution in [-0.2, 0) is 78.6 Å². The second-order valence-electron chi connectivity index (χ2n) is 25.9. The van der Waals surface area contributed by atoms with Gasteiger partial charge in [0.05, 0.1) is 98.2 Å². The fourth-order valence-electron chi connectivity index (χ4n) is 7.27. The highest BCUT2D eigenvalue weighted by Gasteiger charge is 2.64. The van der Waals surface area contributed by atoms with Gasteiger partial charge in [-0.2, -0.15) is 70.2 Å². The topological polar surface area (TPSA) is 415 Å². The average Bonchev–Trinajstić information content (AvgIpc) is 1.28. The van der Waals surface area contributed by atoms with Crippen LogP contribution in [0.3, 0.4) is 0 Å². The van der Waals surface area contributed by atoms with Gasteiger partial charge in [-0.15, -0.1) is 0 Å². The fourth-order valence-corrected chi connectivity index (χ4v) is 9.14. The van der Waals surface area contributed by atoms with Gasteiger partial charge in [0.1, 0.15) is 0 Å². The van der Waals surface area contributed by atoms with E-state index >= 15 is 0 Å². The van der Waals surface area contributed by atoms with Gasteiger partial charge in [-0.3, -0.25) is 19.2 Å². The Morgan fingerprint density at radius 2 is 0.515 bits per heavy atom. The molecule has 4 N–H and O–H groups in total. The summed E-state index contributed by atoms with van der Waals surface area (Å²) in [5, 5.41) is 12.2. The predicted molar refractivity (Wildman–Crippen MR) is 300 cm³/mol. The summed E-state index contributed by atoms with van der Waals surface area (Å²) >= 11 is 0. The second-order valence-corrected chi connectivity index (χ2v) is 31.6. The van der Waals surface area contributed by atoms with E-state index < -0.39 is 213 Å². The molecule has 4 saturated carbocycles. The molecule has 2 unspecified atom stereocenters. The largest absolute Gasteiger partial charge is 0.743 e. The average molecular weight is 1540 g/mol. The quantitative estimate of drug-likeness (QED) is 0.0286. The molecule has 0 aliphatic heterocycles. The maximum Gasteiger partial charge on any atom is 0.396 e. The number of alkyl halides is 16. The highest BCUT2D eigenvalue weighted by atomic mass is 32.2. The summed E-state index contributed by atoms with van der Waals surface area (Å²) in [6.07, 6.45) is 1.42. The van der Waals surface area contributed by atoms with E-state index in [4.69, 9.17) is 15.3 Å². The predicted octanol–water partition coefficient (Wildman–Crippen LogP) is 9.08. The van der Waals surface area contributed by atoms with E-state index in [1.54, 1.807) is 62.3 Å². The minimum Gasteiger partial charge on any atom is -0.743 e. The van der Waals surface area contributed by atoms with Crippen molar-refractivity contribution in [3.8, 4) is 0 Å². The van der Waals surface area contributed by atoms with Crippen molar-refractivity contribution in [2.75, 3.05) is 26.4 Å². The summed E-state index contributed by atoms with van der Waals surface area (Å²) in [6.45, 7) is 14.2. The van der Waals surface area contributed by atoms with Crippen LogP contribution in [0.2, 0.25) is 0 Å². The second kappa shape index (κ2) is 36.9. The zero-order valence-corrected chi connectivity index (χ0v) is 57.6. The van der Waals surface area contributed by atoms with Crippen molar-refractivity contribution >= 4 is 64.3 Å². The molecule has 0 saturated heterocycles. The first-order chi connectivity index (χ1) is 42.6. The molecule has 0 spiro atoms. The van der Waals surface area contributed by atoms with E-state index in [0.717, 1.165) is 38.5 Å². The number of carbonyl (C=O) groups excluding carboxylic acids is 4. The van der Waals surface area contributed by atoms with Gasteiger partial charge in [0.25, 0.3) is 0 Å². The van der Waals surface area contributed by atoms with Crippen LogP contribution < -0.4 is 0 Å². The van der Waals surface area contributed by atoms with Gasteiger partial charge < -0.3 is 57.6 Å². The third-order valence-electron chi connectivity index (χ3n) is 12.7. The maximum atomic E-state index is 13.1. The molecule has 0 aromatic heterocycles. The van der Waals surface area contributed by atoms with Crippen molar-refractivity contribution in [1.82, 2.24) is 0 Å². The molecule has 4 aliphatic rings. The molecule has 580 valence electrons. The van der Waals surface area contributed by atoms with Gasteiger partial charge in [-0.1, -0.05) is 38.5 Å². The number of aliphatic hydroxyl groups is 4. The van der Waals surface area contributed by atoms with Crippen molar-refractivity contribution < 1.29 is 181 Å². The molecular formula is C53H84F16O24S4-4. The van der Waals surface area contributed by atoms with Crippen molar-refractivity contribution in [2.24, 2.45) is 29.6 Å². The molecule has 97 heavy (non-hydrogen) atoms. The Hall–Kier alpha value is -3.76. The molecule has 2 atom stereocenters. The number of carbonyl (C=O) groups is 4. The van der Waals surface area contributed by atoms with Crippen LogP contribution in [0, 0.1) is 29.6 Å². The van der Waals surface area contributed by atoms with E-state index in [1.165, 1.54) is 13.8 Å². The SMILES string of the molecule is CC(C)(C)O.CC(C)(C)O.CC(C)(C)O.CC(C)(O)C1CC1C(=O)OCCC(F)(F)C(F)(F)S(=O)(=O)[O-].O=C(OCCC(F)(F)C(F)(F)S(=O)(=O)[O-])C1CCC1.O=C(OCCC(F)(F)C(F)(F)S(=O)(=O)[O-])C1CCCC1.O=C(OCCC(F)(F)C(F)(F)S(=O)(=O)[O-])C1CCCCC1. The highest BCUT2D eigenvalue weighted by molar-refractivity contribution is 7.87. The summed E-state index contributed by atoms with van der Waals surface area (Å²) in [5.74, 6) is -26.2. The fraction of sp³-hybridized carbons (Fsp3) is 0.925. The standard InChI is InChI=1S/C11H16F4O6S.C11H16F4O5S.C10H14F4O5S.C9H12F4O5S.3C4H10O/c1-9(2,17)7-5-6(7)8(16)21-4-3-10(12,13)11(14,15)22(18,19)20;12-10(13,11(14,15)21(17,18)19)6-7-20-9(16)8-4-2-1-3-5-8;11-9(12,10(13,14)20(16,17)18)5-6-19-8(15)7-3-1-2-4-7;10-8(11,9(12,13)19(15,16)17)4-5-18-7(14)6-2-1-3-6;3*1-4(2,3)5/h6-7,17H,3-5H2,1-2H3,(H,18,19,20);8H,1-7H2,(H,17,18,19);7H,1-6H2,(H,16,17,18);6H,1-5H2,(H,15,16,17);3*5H,1-3H3/p-4. The molecule has 0 bridgehead atoms. The molecule has 0 radical (unpaired) electrons. The number of halogens is 16. The van der Waals surface area contributed by atoms with E-state index in [0.29, 0.717) is 38.5 Å². The maximum absolute atomic E-state index is 13.1. The lowest BCUT2D eigenvalue weighted by molar-refractivity contribution is -0.177. The molecular weight excluding hydrogens is 1450 g/mol. The van der Waals surface area contributed by atoms with E-state index in [-0.39, 0.29) is 6.42 Å². The summed E-state index contributed by atoms with van der Waals surface area (Å²) in [4.78, 5) is 45.4. The molecule has 0 aromatic rings. The summed E-state index contributed by atoms with van der Waals surface area (Å²) in [5.41, 5.74) is -2.67. The van der Waals surface area contributed by atoms with Crippen molar-refractivity contribution in [3.63, 3.8) is 0 Å². The summed E-state index contributed by atoms with van der Waals surface area (Å²) in [6, 6.07) is 0. The van der Waals surface area contributed by atoms with Crippen molar-refractivity contribution in [2.45, 2.75) is 252 Å². The van der Waals surface area contributed by atoms with Crippen LogP contribution in [0.1, 0.15) is 185 Å². The molecule has 44 heteroatoms. The Morgan fingerprint density at radius 1 is 0.340 bits per heavy atom. The van der Waals surface area contributed by atoms with Gasteiger partial charge in [-0.05, 0) is 121 Å². The van der Waals surface area contributed by atoms with Crippen molar-refractivity contribution in [3.05, 3.63) is 0 Å². The Balaban J connectivity index is -0.00000113. The monoisotopic (exact) mass is 1540 g/mol. The zero-order chi connectivity index (χ0) is 77.9. The van der Waals surface area contributed by atoms with Crippen LogP contribution in [-0.4, -0.2) is 190 Å². The highest BCUT2D eigenvalue weighted by Crippen LogP contribution is 2.48. The summed E-state index contributed by atoms with van der Waals surface area (Å²) < 4.78 is 345. The number of esters is 4. The van der Waals surface area contributed by atoms with E-state index in [1.807, 2.05) is 0 Å². The van der Waals surface area contributed by atoms with Crippen LogP contribution in [0.5, 0.6) is 0 Å². The van der Waals surface area contributed by atoms with Gasteiger partial charge in [0, 0.05) is 5.92 Å². The Bertz CT molecular complexity index is 2890. The van der Waals surface area contributed by atoms with Crippen LogP contribution >= 0.6 is 0 Å². The summed E-state index contributed by atoms with van der Waals surface area (Å²) in [7, 11) is -26.0. The normalized spacial score (nSPS) is 18.4. The minimum absolute atomic E-state index is 0.268. The molecule has 24 nitrogen and oxygen atoms in total.